The molecule has 0 radical (unpaired) electrons. The molecule has 0 saturated carbocycles. The first-order valence-electron chi connectivity index (χ1n) is 5.76. The first-order chi connectivity index (χ1) is 9.39. The third-order valence-corrected chi connectivity index (χ3v) is 4.44. The molecule has 0 saturated heterocycles. The largest absolute Gasteiger partial charge is 0.435 e. The molecule has 0 aromatic heterocycles. The van der Waals surface area contributed by atoms with Crippen molar-refractivity contribution in [3.05, 3.63) is 54.1 Å². The van der Waals surface area contributed by atoms with Gasteiger partial charge in [-0.2, -0.15) is 8.78 Å². The summed E-state index contributed by atoms with van der Waals surface area (Å²) in [4.78, 5) is 0.0248. The summed E-state index contributed by atoms with van der Waals surface area (Å²) in [5.74, 6) is -0.187. The predicted octanol–water partition coefficient (Wildman–Crippen LogP) is 3.43. The maximum atomic E-state index is 12.3. The SMILES string of the molecule is Cc1ccc(S(=O)(=O)c2cccc(OC(F)F)c2)cc1. The Morgan fingerprint density at radius 2 is 1.65 bits per heavy atom. The van der Waals surface area contributed by atoms with Crippen molar-refractivity contribution >= 4 is 9.84 Å². The van der Waals surface area contributed by atoms with Gasteiger partial charge in [-0.05, 0) is 37.3 Å². The van der Waals surface area contributed by atoms with E-state index in [1.807, 2.05) is 6.92 Å². The van der Waals surface area contributed by atoms with Crippen molar-refractivity contribution in [2.75, 3.05) is 0 Å². The lowest BCUT2D eigenvalue weighted by Crippen LogP contribution is -2.05. The smallest absolute Gasteiger partial charge is 0.387 e. The van der Waals surface area contributed by atoms with Gasteiger partial charge in [0.05, 0.1) is 9.79 Å². The van der Waals surface area contributed by atoms with E-state index >= 15 is 0 Å². The minimum Gasteiger partial charge on any atom is -0.435 e. The summed E-state index contributed by atoms with van der Waals surface area (Å²) in [6.45, 7) is -1.15. The second kappa shape index (κ2) is 5.58. The zero-order chi connectivity index (χ0) is 14.8. The van der Waals surface area contributed by atoms with E-state index in [0.717, 1.165) is 11.6 Å². The van der Waals surface area contributed by atoms with Gasteiger partial charge in [0, 0.05) is 0 Å². The molecule has 2 aromatic rings. The van der Waals surface area contributed by atoms with Crippen LogP contribution in [0.1, 0.15) is 5.56 Å². The molecule has 0 spiro atoms. The third kappa shape index (κ3) is 3.14. The number of benzene rings is 2. The summed E-state index contributed by atoms with van der Waals surface area (Å²) in [5.41, 5.74) is 0.929. The van der Waals surface area contributed by atoms with Gasteiger partial charge in [-0.1, -0.05) is 23.8 Å². The van der Waals surface area contributed by atoms with Crippen molar-refractivity contribution < 1.29 is 21.9 Å². The normalized spacial score (nSPS) is 11.6. The number of hydrogen-bond donors (Lipinski definition) is 0. The Kier molecular flexibility index (Phi) is 4.04. The molecular formula is C14H12F2O3S. The van der Waals surface area contributed by atoms with E-state index in [9.17, 15) is 17.2 Å². The highest BCUT2D eigenvalue weighted by molar-refractivity contribution is 7.91. The van der Waals surface area contributed by atoms with E-state index in [4.69, 9.17) is 0 Å². The molecule has 0 aliphatic carbocycles. The number of rotatable bonds is 4. The number of halogens is 2. The summed E-state index contributed by atoms with van der Waals surface area (Å²) in [6.07, 6.45) is 0. The molecule has 0 N–H and O–H groups in total. The minimum absolute atomic E-state index is 0.0838. The van der Waals surface area contributed by atoms with Gasteiger partial charge in [0.2, 0.25) is 9.84 Å². The molecule has 0 bridgehead atoms. The van der Waals surface area contributed by atoms with Crippen LogP contribution in [-0.2, 0) is 9.84 Å². The zero-order valence-electron chi connectivity index (χ0n) is 10.6. The van der Waals surface area contributed by atoms with Gasteiger partial charge in [0.25, 0.3) is 0 Å². The van der Waals surface area contributed by atoms with E-state index in [1.54, 1.807) is 12.1 Å². The lowest BCUT2D eigenvalue weighted by molar-refractivity contribution is -0.0499. The minimum atomic E-state index is -3.74. The highest BCUT2D eigenvalue weighted by Crippen LogP contribution is 2.25. The van der Waals surface area contributed by atoms with Crippen molar-refractivity contribution in [2.24, 2.45) is 0 Å². The molecule has 3 nitrogen and oxygen atoms in total. The second-order valence-corrected chi connectivity index (χ2v) is 6.12. The molecule has 0 atom stereocenters. The van der Waals surface area contributed by atoms with Crippen LogP contribution in [0, 0.1) is 6.92 Å². The fourth-order valence-corrected chi connectivity index (χ4v) is 2.97. The molecule has 0 heterocycles. The number of hydrogen-bond acceptors (Lipinski definition) is 3. The zero-order valence-corrected chi connectivity index (χ0v) is 11.4. The average Bonchev–Trinajstić information content (AvgIpc) is 2.39. The molecule has 20 heavy (non-hydrogen) atoms. The lowest BCUT2D eigenvalue weighted by Gasteiger charge is -2.08. The van der Waals surface area contributed by atoms with Crippen LogP contribution in [0.5, 0.6) is 5.75 Å². The van der Waals surface area contributed by atoms with E-state index in [0.29, 0.717) is 0 Å². The molecule has 6 heteroatoms. The Morgan fingerprint density at radius 1 is 1.00 bits per heavy atom. The quantitative estimate of drug-likeness (QED) is 0.868. The molecule has 0 amide bonds. The fourth-order valence-electron chi connectivity index (χ4n) is 1.67. The van der Waals surface area contributed by atoms with Gasteiger partial charge in [-0.15, -0.1) is 0 Å². The second-order valence-electron chi connectivity index (χ2n) is 4.17. The van der Waals surface area contributed by atoms with Crippen LogP contribution < -0.4 is 4.74 Å². The summed E-state index contributed by atoms with van der Waals surface area (Å²) in [7, 11) is -3.74. The van der Waals surface area contributed by atoms with Crippen molar-refractivity contribution in [2.45, 2.75) is 23.3 Å². The van der Waals surface area contributed by atoms with Gasteiger partial charge < -0.3 is 4.74 Å². The van der Waals surface area contributed by atoms with Crippen LogP contribution in [0.25, 0.3) is 0 Å². The van der Waals surface area contributed by atoms with Crippen LogP contribution in [-0.4, -0.2) is 15.0 Å². The number of alkyl halides is 2. The van der Waals surface area contributed by atoms with Gasteiger partial charge >= 0.3 is 6.61 Å². The third-order valence-electron chi connectivity index (χ3n) is 2.67. The van der Waals surface area contributed by atoms with Crippen molar-refractivity contribution in [1.29, 1.82) is 0 Å². The first-order valence-corrected chi connectivity index (χ1v) is 7.24. The van der Waals surface area contributed by atoms with Crippen LogP contribution in [0.15, 0.2) is 58.3 Å². The predicted molar refractivity (Wildman–Crippen MR) is 69.7 cm³/mol. The molecule has 0 aliphatic heterocycles. The molecule has 0 fully saturated rings. The number of aryl methyl sites for hydroxylation is 1. The molecule has 0 aliphatic rings. The van der Waals surface area contributed by atoms with E-state index in [1.165, 1.54) is 30.3 Å². The Hall–Kier alpha value is -1.95. The average molecular weight is 298 g/mol. The highest BCUT2D eigenvalue weighted by atomic mass is 32.2. The molecule has 2 rings (SSSR count). The summed E-state index contributed by atoms with van der Waals surface area (Å²) in [6, 6.07) is 11.4. The maximum Gasteiger partial charge on any atom is 0.387 e. The molecule has 0 unspecified atom stereocenters. The van der Waals surface area contributed by atoms with Crippen LogP contribution in [0.2, 0.25) is 0 Å². The number of ether oxygens (including phenoxy) is 1. The van der Waals surface area contributed by atoms with Gasteiger partial charge in [0.15, 0.2) is 0 Å². The monoisotopic (exact) mass is 298 g/mol. The Bertz CT molecular complexity index is 695. The summed E-state index contributed by atoms with van der Waals surface area (Å²) in [5, 5.41) is 0. The van der Waals surface area contributed by atoms with Crippen LogP contribution in [0.3, 0.4) is 0 Å². The molecule has 2 aromatic carbocycles. The molecule has 106 valence electrons. The lowest BCUT2D eigenvalue weighted by atomic mass is 10.2. The standard InChI is InChI=1S/C14H12F2O3S/c1-10-5-7-12(8-6-10)20(17,18)13-4-2-3-11(9-13)19-14(15)16/h2-9,14H,1H3. The summed E-state index contributed by atoms with van der Waals surface area (Å²) < 4.78 is 53.2. The van der Waals surface area contributed by atoms with Crippen LogP contribution >= 0.6 is 0 Å². The fraction of sp³-hybridized carbons (Fsp3) is 0.143. The van der Waals surface area contributed by atoms with Gasteiger partial charge in [-0.3, -0.25) is 0 Å². The van der Waals surface area contributed by atoms with Gasteiger partial charge in [-0.25, -0.2) is 8.42 Å². The van der Waals surface area contributed by atoms with Crippen molar-refractivity contribution in [3.8, 4) is 5.75 Å². The highest BCUT2D eigenvalue weighted by Gasteiger charge is 2.18. The first kappa shape index (κ1) is 14.5. The maximum absolute atomic E-state index is 12.3. The van der Waals surface area contributed by atoms with E-state index in [2.05, 4.69) is 4.74 Å². The van der Waals surface area contributed by atoms with Crippen molar-refractivity contribution in [1.82, 2.24) is 0 Å². The van der Waals surface area contributed by atoms with Crippen molar-refractivity contribution in [3.63, 3.8) is 0 Å². The van der Waals surface area contributed by atoms with Gasteiger partial charge in [0.1, 0.15) is 5.75 Å². The Morgan fingerprint density at radius 3 is 2.25 bits per heavy atom. The Labute approximate surface area is 115 Å². The van der Waals surface area contributed by atoms with Crippen LogP contribution in [0.4, 0.5) is 8.78 Å². The van der Waals surface area contributed by atoms with E-state index < -0.39 is 16.4 Å². The molecular weight excluding hydrogens is 286 g/mol. The van der Waals surface area contributed by atoms with E-state index in [-0.39, 0.29) is 15.5 Å². The Balaban J connectivity index is 2.41. The number of sulfone groups is 1. The summed E-state index contributed by atoms with van der Waals surface area (Å²) >= 11 is 0. The topological polar surface area (TPSA) is 43.4 Å².